The molecule has 156 valence electrons. The van der Waals surface area contributed by atoms with E-state index >= 15 is 0 Å². The summed E-state index contributed by atoms with van der Waals surface area (Å²) in [5.41, 5.74) is 1.99. The lowest BCUT2D eigenvalue weighted by molar-refractivity contribution is -0.131. The van der Waals surface area contributed by atoms with Gasteiger partial charge < -0.3 is 14.4 Å². The standard InChI is InChI=1S/C22H27NO5S/c1-23(22(24)13-19-10-11-29(25,26)16-19)14-18-8-9-20(21(12-18)27-2)28-15-17-6-4-3-5-7-17/h3-9,12,19H,10-11,13-16H2,1-2H3/t19-/m0/s1. The van der Waals surface area contributed by atoms with Crippen LogP contribution in [0.3, 0.4) is 0 Å². The lowest BCUT2D eigenvalue weighted by Crippen LogP contribution is -2.28. The van der Waals surface area contributed by atoms with E-state index < -0.39 is 9.84 Å². The quantitative estimate of drug-likeness (QED) is 0.660. The highest BCUT2D eigenvalue weighted by Crippen LogP contribution is 2.29. The maximum absolute atomic E-state index is 12.5. The molecule has 2 aromatic carbocycles. The number of nitrogens with zero attached hydrogens (tertiary/aromatic N) is 1. The molecule has 3 rings (SSSR count). The number of sulfone groups is 1. The average molecular weight is 418 g/mol. The fraction of sp³-hybridized carbons (Fsp3) is 0.409. The van der Waals surface area contributed by atoms with E-state index in [0.717, 1.165) is 11.1 Å². The molecule has 29 heavy (non-hydrogen) atoms. The Morgan fingerprint density at radius 1 is 1.10 bits per heavy atom. The number of carbonyl (C=O) groups is 1. The Labute approximate surface area is 172 Å². The minimum absolute atomic E-state index is 0.0459. The molecule has 1 amide bonds. The van der Waals surface area contributed by atoms with Gasteiger partial charge in [0.25, 0.3) is 0 Å². The molecular weight excluding hydrogens is 390 g/mol. The molecule has 0 aromatic heterocycles. The van der Waals surface area contributed by atoms with Gasteiger partial charge in [0.1, 0.15) is 6.61 Å². The van der Waals surface area contributed by atoms with Crippen molar-refractivity contribution < 1.29 is 22.7 Å². The molecule has 0 unspecified atom stereocenters. The van der Waals surface area contributed by atoms with Gasteiger partial charge in [-0.3, -0.25) is 4.79 Å². The van der Waals surface area contributed by atoms with Gasteiger partial charge in [0.05, 0.1) is 18.6 Å². The number of methoxy groups -OCH3 is 1. The van der Waals surface area contributed by atoms with Crippen molar-refractivity contribution in [1.29, 1.82) is 0 Å². The molecule has 0 radical (unpaired) electrons. The monoisotopic (exact) mass is 417 g/mol. The Morgan fingerprint density at radius 2 is 1.86 bits per heavy atom. The Morgan fingerprint density at radius 3 is 2.52 bits per heavy atom. The highest BCUT2D eigenvalue weighted by molar-refractivity contribution is 7.91. The van der Waals surface area contributed by atoms with E-state index in [1.54, 1.807) is 19.1 Å². The van der Waals surface area contributed by atoms with Crippen LogP contribution in [0, 0.1) is 5.92 Å². The van der Waals surface area contributed by atoms with E-state index in [4.69, 9.17) is 9.47 Å². The molecule has 1 atom stereocenters. The Kier molecular flexibility index (Phi) is 6.79. The van der Waals surface area contributed by atoms with Crippen molar-refractivity contribution in [2.24, 2.45) is 5.92 Å². The smallest absolute Gasteiger partial charge is 0.222 e. The maximum atomic E-state index is 12.5. The Bertz CT molecular complexity index is 943. The third kappa shape index (κ3) is 5.97. The molecule has 1 aliphatic heterocycles. The number of rotatable bonds is 8. The van der Waals surface area contributed by atoms with Gasteiger partial charge in [0, 0.05) is 20.0 Å². The summed E-state index contributed by atoms with van der Waals surface area (Å²) >= 11 is 0. The summed E-state index contributed by atoms with van der Waals surface area (Å²) in [5, 5.41) is 0. The first-order chi connectivity index (χ1) is 13.9. The Balaban J connectivity index is 1.58. The fourth-order valence-corrected chi connectivity index (χ4v) is 5.32. The zero-order chi connectivity index (χ0) is 20.9. The van der Waals surface area contributed by atoms with Crippen LogP contribution in [0.4, 0.5) is 0 Å². The van der Waals surface area contributed by atoms with Crippen LogP contribution in [0.2, 0.25) is 0 Å². The molecule has 0 aliphatic carbocycles. The van der Waals surface area contributed by atoms with Gasteiger partial charge in [-0.15, -0.1) is 0 Å². The highest BCUT2D eigenvalue weighted by Gasteiger charge is 2.30. The first kappa shape index (κ1) is 21.2. The summed E-state index contributed by atoms with van der Waals surface area (Å²) in [5.74, 6) is 1.45. The first-order valence-corrected chi connectivity index (χ1v) is 11.5. The van der Waals surface area contributed by atoms with Crippen molar-refractivity contribution in [1.82, 2.24) is 4.90 Å². The van der Waals surface area contributed by atoms with Crippen LogP contribution in [0.25, 0.3) is 0 Å². The summed E-state index contributed by atoms with van der Waals surface area (Å²) in [6, 6.07) is 15.5. The van der Waals surface area contributed by atoms with Crippen molar-refractivity contribution in [3.05, 3.63) is 59.7 Å². The van der Waals surface area contributed by atoms with E-state index in [0.29, 0.717) is 31.1 Å². The molecule has 1 heterocycles. The molecule has 7 heteroatoms. The molecule has 2 aromatic rings. The molecule has 0 spiro atoms. The molecular formula is C22H27NO5S. The van der Waals surface area contributed by atoms with Crippen molar-refractivity contribution in [3.63, 3.8) is 0 Å². The van der Waals surface area contributed by atoms with Crippen molar-refractivity contribution in [2.45, 2.75) is 26.0 Å². The molecule has 0 saturated carbocycles. The van der Waals surface area contributed by atoms with Crippen molar-refractivity contribution >= 4 is 15.7 Å². The van der Waals surface area contributed by atoms with Gasteiger partial charge in [0.15, 0.2) is 21.3 Å². The zero-order valence-corrected chi connectivity index (χ0v) is 17.7. The van der Waals surface area contributed by atoms with Crippen LogP contribution < -0.4 is 9.47 Å². The maximum Gasteiger partial charge on any atom is 0.222 e. The highest BCUT2D eigenvalue weighted by atomic mass is 32.2. The van der Waals surface area contributed by atoms with Crippen LogP contribution in [-0.2, 0) is 27.8 Å². The van der Waals surface area contributed by atoms with Gasteiger partial charge >= 0.3 is 0 Å². The van der Waals surface area contributed by atoms with E-state index in [1.165, 1.54) is 0 Å². The minimum Gasteiger partial charge on any atom is -0.493 e. The molecule has 1 aliphatic rings. The first-order valence-electron chi connectivity index (χ1n) is 9.64. The second kappa shape index (κ2) is 9.31. The predicted molar refractivity (Wildman–Crippen MR) is 112 cm³/mol. The number of hydrogen-bond acceptors (Lipinski definition) is 5. The predicted octanol–water partition coefficient (Wildman–Crippen LogP) is 3.06. The topological polar surface area (TPSA) is 72.9 Å². The van der Waals surface area contributed by atoms with Crippen LogP contribution >= 0.6 is 0 Å². The zero-order valence-electron chi connectivity index (χ0n) is 16.8. The third-order valence-electron chi connectivity index (χ3n) is 5.10. The fourth-order valence-electron chi connectivity index (χ4n) is 3.46. The van der Waals surface area contributed by atoms with E-state index in [1.807, 2.05) is 48.5 Å². The summed E-state index contributed by atoms with van der Waals surface area (Å²) < 4.78 is 34.5. The molecule has 6 nitrogen and oxygen atoms in total. The minimum atomic E-state index is -2.97. The van der Waals surface area contributed by atoms with E-state index in [-0.39, 0.29) is 29.8 Å². The lowest BCUT2D eigenvalue weighted by Gasteiger charge is -2.20. The molecule has 1 fully saturated rings. The number of benzene rings is 2. The normalized spacial score (nSPS) is 17.7. The van der Waals surface area contributed by atoms with Crippen molar-refractivity contribution in [3.8, 4) is 11.5 Å². The van der Waals surface area contributed by atoms with Gasteiger partial charge in [-0.1, -0.05) is 36.4 Å². The van der Waals surface area contributed by atoms with E-state index in [2.05, 4.69) is 0 Å². The van der Waals surface area contributed by atoms with Crippen LogP contribution in [0.1, 0.15) is 24.0 Å². The molecule has 0 N–H and O–H groups in total. The van der Waals surface area contributed by atoms with E-state index in [9.17, 15) is 13.2 Å². The second-order valence-corrected chi connectivity index (χ2v) is 9.71. The summed E-state index contributed by atoms with van der Waals surface area (Å²) in [6.45, 7) is 0.868. The SMILES string of the molecule is COc1cc(CN(C)C(=O)C[C@@H]2CCS(=O)(=O)C2)ccc1OCc1ccccc1. The molecule has 1 saturated heterocycles. The van der Waals surface area contributed by atoms with Crippen LogP contribution in [0.15, 0.2) is 48.5 Å². The second-order valence-electron chi connectivity index (χ2n) is 7.48. The Hall–Kier alpha value is -2.54. The summed E-state index contributed by atoms with van der Waals surface area (Å²) in [7, 11) is 0.355. The van der Waals surface area contributed by atoms with Gasteiger partial charge in [-0.05, 0) is 35.6 Å². The van der Waals surface area contributed by atoms with Gasteiger partial charge in [0.2, 0.25) is 5.91 Å². The van der Waals surface area contributed by atoms with Crippen LogP contribution in [0.5, 0.6) is 11.5 Å². The number of carbonyl (C=O) groups excluding carboxylic acids is 1. The summed E-state index contributed by atoms with van der Waals surface area (Å²) in [4.78, 5) is 14.1. The lowest BCUT2D eigenvalue weighted by atomic mass is 10.0. The number of ether oxygens (including phenoxy) is 2. The van der Waals surface area contributed by atoms with Gasteiger partial charge in [-0.2, -0.15) is 0 Å². The van der Waals surface area contributed by atoms with Gasteiger partial charge in [-0.25, -0.2) is 8.42 Å². The largest absolute Gasteiger partial charge is 0.493 e. The molecule has 0 bridgehead atoms. The van der Waals surface area contributed by atoms with Crippen LogP contribution in [-0.4, -0.2) is 44.9 Å². The average Bonchev–Trinajstić information content (AvgIpc) is 3.05. The summed E-state index contributed by atoms with van der Waals surface area (Å²) in [6.07, 6.45) is 0.842. The number of amides is 1. The third-order valence-corrected chi connectivity index (χ3v) is 6.94. The van der Waals surface area contributed by atoms with Crippen molar-refractivity contribution in [2.75, 3.05) is 25.7 Å². The number of hydrogen-bond donors (Lipinski definition) is 0.